The highest BCUT2D eigenvalue weighted by Crippen LogP contribution is 2.22. The molecule has 0 fully saturated rings. The van der Waals surface area contributed by atoms with Crippen molar-refractivity contribution in [3.05, 3.63) is 24.3 Å². The molecule has 6 heteroatoms. The fourth-order valence-electron chi connectivity index (χ4n) is 1.99. The van der Waals surface area contributed by atoms with E-state index in [0.29, 0.717) is 12.8 Å². The van der Waals surface area contributed by atoms with Crippen molar-refractivity contribution in [2.45, 2.75) is 36.9 Å². The Hall–Kier alpha value is -1.53. The number of fused-ring (bicyclic) bond motifs is 1. The lowest BCUT2D eigenvalue weighted by Gasteiger charge is -2.22. The molecule has 0 radical (unpaired) electrons. The van der Waals surface area contributed by atoms with Gasteiger partial charge in [0.15, 0.2) is 5.16 Å². The van der Waals surface area contributed by atoms with E-state index in [9.17, 15) is 4.79 Å². The van der Waals surface area contributed by atoms with Crippen molar-refractivity contribution in [1.29, 1.82) is 0 Å². The van der Waals surface area contributed by atoms with Crippen LogP contribution in [-0.2, 0) is 4.79 Å². The molecule has 0 saturated heterocycles. The molecule has 1 atom stereocenters. The molecule has 1 heterocycles. The van der Waals surface area contributed by atoms with Gasteiger partial charge < -0.3 is 15.8 Å². The quantitative estimate of drug-likeness (QED) is 0.539. The zero-order valence-electron chi connectivity index (χ0n) is 11.4. The summed E-state index contributed by atoms with van der Waals surface area (Å²) in [5, 5.41) is 9.96. The number of hydrogen-bond donors (Lipinski definition) is 3. The number of hydrogen-bond acceptors (Lipinski definition) is 4. The van der Waals surface area contributed by atoms with Gasteiger partial charge in [-0.1, -0.05) is 30.8 Å². The van der Waals surface area contributed by atoms with Crippen LogP contribution in [0, 0.1) is 0 Å². The van der Waals surface area contributed by atoms with Gasteiger partial charge in [0, 0.05) is 5.75 Å². The van der Waals surface area contributed by atoms with E-state index in [1.54, 1.807) is 18.7 Å². The largest absolute Gasteiger partial charge is 0.480 e. The van der Waals surface area contributed by atoms with Crippen LogP contribution in [0.4, 0.5) is 0 Å². The predicted octanol–water partition coefficient (Wildman–Crippen LogP) is 2.63. The average molecular weight is 293 g/mol. The molecule has 5 nitrogen and oxygen atoms in total. The number of H-pyrrole nitrogens is 1. The summed E-state index contributed by atoms with van der Waals surface area (Å²) in [5.74, 6) is -0.125. The Morgan fingerprint density at radius 3 is 2.90 bits per heavy atom. The van der Waals surface area contributed by atoms with Gasteiger partial charge in [-0.2, -0.15) is 0 Å². The Morgan fingerprint density at radius 2 is 2.25 bits per heavy atom. The standard InChI is InChI=1S/C14H19N3O2S/c1-2-14(15,12(18)19)8-5-9-20-13-16-10-6-3-4-7-11(10)17-13/h3-4,6-7H,2,5,8-9,15H2,1H3,(H,16,17)(H,18,19). The van der Waals surface area contributed by atoms with Crippen LogP contribution in [0.3, 0.4) is 0 Å². The zero-order chi connectivity index (χ0) is 14.6. The van der Waals surface area contributed by atoms with Gasteiger partial charge in [0.25, 0.3) is 0 Å². The minimum Gasteiger partial charge on any atom is -0.480 e. The van der Waals surface area contributed by atoms with Crippen LogP contribution in [-0.4, -0.2) is 32.3 Å². The topological polar surface area (TPSA) is 92.0 Å². The lowest BCUT2D eigenvalue weighted by atomic mass is 9.92. The van der Waals surface area contributed by atoms with E-state index in [1.807, 2.05) is 24.3 Å². The van der Waals surface area contributed by atoms with Gasteiger partial charge >= 0.3 is 5.97 Å². The molecule has 0 aliphatic carbocycles. The Labute approximate surface area is 122 Å². The second kappa shape index (κ2) is 6.28. The van der Waals surface area contributed by atoms with E-state index < -0.39 is 11.5 Å². The van der Waals surface area contributed by atoms with Crippen LogP contribution in [0.15, 0.2) is 29.4 Å². The van der Waals surface area contributed by atoms with Gasteiger partial charge in [-0.3, -0.25) is 4.79 Å². The summed E-state index contributed by atoms with van der Waals surface area (Å²) in [4.78, 5) is 18.8. The van der Waals surface area contributed by atoms with Crippen molar-refractivity contribution in [3.8, 4) is 0 Å². The number of rotatable bonds is 7. The maximum absolute atomic E-state index is 11.1. The number of aromatic amines is 1. The number of thioether (sulfide) groups is 1. The molecular formula is C14H19N3O2S. The highest BCUT2D eigenvalue weighted by atomic mass is 32.2. The number of aromatic nitrogens is 2. The van der Waals surface area contributed by atoms with Crippen LogP contribution >= 0.6 is 11.8 Å². The molecule has 2 aromatic rings. The van der Waals surface area contributed by atoms with E-state index in [4.69, 9.17) is 10.8 Å². The molecule has 0 bridgehead atoms. The summed E-state index contributed by atoms with van der Waals surface area (Å²) >= 11 is 1.59. The number of carbonyl (C=O) groups is 1. The highest BCUT2D eigenvalue weighted by Gasteiger charge is 2.30. The van der Waals surface area contributed by atoms with Gasteiger partial charge in [0.05, 0.1) is 11.0 Å². The SMILES string of the molecule is CCC(N)(CCCSc1nc2ccccc2[nH]1)C(=O)O. The summed E-state index contributed by atoms with van der Waals surface area (Å²) in [6.45, 7) is 1.81. The first kappa shape index (κ1) is 14.9. The van der Waals surface area contributed by atoms with Gasteiger partial charge in [-0.25, -0.2) is 4.98 Å². The molecule has 2 rings (SSSR count). The molecule has 1 unspecified atom stereocenters. The van der Waals surface area contributed by atoms with Crippen LogP contribution < -0.4 is 5.73 Å². The first-order chi connectivity index (χ1) is 9.55. The summed E-state index contributed by atoms with van der Waals surface area (Å²) in [7, 11) is 0. The van der Waals surface area contributed by atoms with Crippen LogP contribution in [0.25, 0.3) is 11.0 Å². The number of carboxylic acid groups (broad SMARTS) is 1. The number of imidazole rings is 1. The number of carboxylic acids is 1. The second-order valence-corrected chi connectivity index (χ2v) is 5.91. The van der Waals surface area contributed by atoms with Gasteiger partial charge in [-0.15, -0.1) is 0 Å². The van der Waals surface area contributed by atoms with E-state index in [1.165, 1.54) is 0 Å². The van der Waals surface area contributed by atoms with Gasteiger partial charge in [0.1, 0.15) is 5.54 Å². The van der Waals surface area contributed by atoms with Crippen LogP contribution in [0.2, 0.25) is 0 Å². The first-order valence-corrected chi connectivity index (χ1v) is 7.63. The molecule has 1 aromatic heterocycles. The summed E-state index contributed by atoms with van der Waals surface area (Å²) in [6, 6.07) is 7.86. The Kier molecular flexibility index (Phi) is 4.67. The summed E-state index contributed by atoms with van der Waals surface area (Å²) in [5.41, 5.74) is 6.71. The minimum atomic E-state index is -1.10. The predicted molar refractivity (Wildman–Crippen MR) is 80.9 cm³/mol. The molecular weight excluding hydrogens is 274 g/mol. The number of benzene rings is 1. The number of nitrogens with two attached hydrogens (primary N) is 1. The molecule has 0 aliphatic rings. The van der Waals surface area contributed by atoms with Crippen molar-refractivity contribution < 1.29 is 9.90 Å². The smallest absolute Gasteiger partial charge is 0.323 e. The Balaban J connectivity index is 1.85. The van der Waals surface area contributed by atoms with E-state index in [0.717, 1.165) is 28.4 Å². The molecule has 0 amide bonds. The fourth-order valence-corrected chi connectivity index (χ4v) is 2.82. The number of aliphatic carboxylic acids is 1. The normalized spacial score (nSPS) is 14.3. The highest BCUT2D eigenvalue weighted by molar-refractivity contribution is 7.99. The van der Waals surface area contributed by atoms with Crippen molar-refractivity contribution >= 4 is 28.8 Å². The molecule has 0 saturated carbocycles. The van der Waals surface area contributed by atoms with Crippen molar-refractivity contribution in [2.75, 3.05) is 5.75 Å². The van der Waals surface area contributed by atoms with Crippen LogP contribution in [0.5, 0.6) is 0 Å². The second-order valence-electron chi connectivity index (χ2n) is 4.83. The van der Waals surface area contributed by atoms with Crippen molar-refractivity contribution in [3.63, 3.8) is 0 Å². The van der Waals surface area contributed by atoms with Gasteiger partial charge in [-0.05, 0) is 31.4 Å². The van der Waals surface area contributed by atoms with Crippen molar-refractivity contribution in [1.82, 2.24) is 9.97 Å². The minimum absolute atomic E-state index is 0.442. The Morgan fingerprint density at radius 1 is 1.50 bits per heavy atom. The molecule has 0 aliphatic heterocycles. The van der Waals surface area contributed by atoms with Crippen LogP contribution in [0.1, 0.15) is 26.2 Å². The van der Waals surface area contributed by atoms with E-state index in [-0.39, 0.29) is 0 Å². The number of nitrogens with zero attached hydrogens (tertiary/aromatic N) is 1. The number of nitrogens with one attached hydrogen (secondary N) is 1. The average Bonchev–Trinajstić information content (AvgIpc) is 2.85. The summed E-state index contributed by atoms with van der Waals surface area (Å²) in [6.07, 6.45) is 1.67. The summed E-state index contributed by atoms with van der Waals surface area (Å²) < 4.78 is 0. The molecule has 4 N–H and O–H groups in total. The lowest BCUT2D eigenvalue weighted by Crippen LogP contribution is -2.47. The Bertz CT molecular complexity index is 566. The maximum Gasteiger partial charge on any atom is 0.323 e. The third kappa shape index (κ3) is 3.32. The molecule has 1 aromatic carbocycles. The monoisotopic (exact) mass is 293 g/mol. The molecule has 0 spiro atoms. The fraction of sp³-hybridized carbons (Fsp3) is 0.429. The van der Waals surface area contributed by atoms with Crippen molar-refractivity contribution in [2.24, 2.45) is 5.73 Å². The zero-order valence-corrected chi connectivity index (χ0v) is 12.2. The van der Waals surface area contributed by atoms with E-state index in [2.05, 4.69) is 9.97 Å². The molecule has 20 heavy (non-hydrogen) atoms. The number of para-hydroxylation sites is 2. The third-order valence-corrected chi connectivity index (χ3v) is 4.39. The molecule has 108 valence electrons. The lowest BCUT2D eigenvalue weighted by molar-refractivity contribution is -0.143. The maximum atomic E-state index is 11.1. The first-order valence-electron chi connectivity index (χ1n) is 6.65. The third-order valence-electron chi connectivity index (χ3n) is 3.43. The van der Waals surface area contributed by atoms with E-state index >= 15 is 0 Å². The van der Waals surface area contributed by atoms with Gasteiger partial charge in [0.2, 0.25) is 0 Å².